The van der Waals surface area contributed by atoms with Gasteiger partial charge in [-0.25, -0.2) is 9.79 Å². The van der Waals surface area contributed by atoms with Crippen molar-refractivity contribution in [3.05, 3.63) is 64.0 Å². The van der Waals surface area contributed by atoms with Crippen LogP contribution in [0.25, 0.3) is 6.08 Å². The topological polar surface area (TPSA) is 79.2 Å². The summed E-state index contributed by atoms with van der Waals surface area (Å²) in [6.07, 6.45) is 2.49. The molecule has 150 valence electrons. The monoisotopic (exact) mass is 430 g/mol. The van der Waals surface area contributed by atoms with Gasteiger partial charge in [0.1, 0.15) is 5.75 Å². The number of carbonyl (C=O) groups is 2. The zero-order valence-electron chi connectivity index (χ0n) is 15.7. The van der Waals surface area contributed by atoms with Crippen LogP contribution in [0.3, 0.4) is 0 Å². The molecule has 1 aliphatic heterocycles. The number of halogens is 1. The first kappa shape index (κ1) is 21.0. The Kier molecular flexibility index (Phi) is 6.95. The van der Waals surface area contributed by atoms with Crippen LogP contribution in [0.4, 0.5) is 5.69 Å². The summed E-state index contributed by atoms with van der Waals surface area (Å²) in [5.74, 6) is -0.802. The van der Waals surface area contributed by atoms with Crippen LogP contribution in [-0.4, -0.2) is 40.2 Å². The third-order valence-corrected chi connectivity index (χ3v) is 5.20. The van der Waals surface area contributed by atoms with E-state index < -0.39 is 12.6 Å². The van der Waals surface area contributed by atoms with Crippen LogP contribution < -0.4 is 4.74 Å². The maximum Gasteiger partial charge on any atom is 0.341 e. The largest absolute Gasteiger partial charge is 0.481 e. The Bertz CT molecular complexity index is 973. The predicted octanol–water partition coefficient (Wildman–Crippen LogP) is 4.82. The lowest BCUT2D eigenvalue weighted by atomic mass is 10.2. The third kappa shape index (κ3) is 5.40. The Hall–Kier alpha value is -2.77. The minimum absolute atomic E-state index is 0.141. The highest BCUT2D eigenvalue weighted by atomic mass is 35.5. The quantitative estimate of drug-likeness (QED) is 0.637. The van der Waals surface area contributed by atoms with E-state index in [0.717, 1.165) is 6.42 Å². The van der Waals surface area contributed by atoms with E-state index in [1.165, 1.54) is 11.8 Å². The van der Waals surface area contributed by atoms with Gasteiger partial charge in [0.15, 0.2) is 11.8 Å². The number of hydrogen-bond donors (Lipinski definition) is 1. The molecule has 0 aliphatic carbocycles. The van der Waals surface area contributed by atoms with Crippen molar-refractivity contribution in [3.8, 4) is 5.75 Å². The number of rotatable bonds is 7. The summed E-state index contributed by atoms with van der Waals surface area (Å²) in [5, 5.41) is 10.1. The van der Waals surface area contributed by atoms with Gasteiger partial charge in [0.05, 0.1) is 10.6 Å². The molecule has 0 unspecified atom stereocenters. The highest BCUT2D eigenvalue weighted by molar-refractivity contribution is 8.18. The van der Waals surface area contributed by atoms with Gasteiger partial charge in [-0.2, -0.15) is 0 Å². The number of aliphatic imine (C=N–C) groups is 1. The van der Waals surface area contributed by atoms with Crippen LogP contribution in [-0.2, 0) is 9.59 Å². The smallest absolute Gasteiger partial charge is 0.341 e. The van der Waals surface area contributed by atoms with Gasteiger partial charge in [0, 0.05) is 17.1 Å². The highest BCUT2D eigenvalue weighted by Crippen LogP contribution is 2.35. The Labute approximate surface area is 177 Å². The molecule has 1 saturated heterocycles. The Morgan fingerprint density at radius 1 is 1.24 bits per heavy atom. The molecular formula is C21H19ClN2O4S. The molecule has 0 radical (unpaired) electrons. The molecule has 1 amide bonds. The lowest BCUT2D eigenvalue weighted by Gasteiger charge is -2.14. The van der Waals surface area contributed by atoms with E-state index >= 15 is 0 Å². The Balaban J connectivity index is 1.92. The SMILES string of the molecule is CCCN1C(=O)/C(=C/c2ccccc2OCC(=O)O)SC1=Nc1ccc(Cl)cc1. The first-order chi connectivity index (χ1) is 14.0. The molecule has 0 aromatic heterocycles. The molecule has 1 fully saturated rings. The van der Waals surface area contributed by atoms with Crippen molar-refractivity contribution in [2.24, 2.45) is 4.99 Å². The normalized spacial score (nSPS) is 16.6. The molecule has 6 nitrogen and oxygen atoms in total. The fraction of sp³-hybridized carbons (Fsp3) is 0.190. The molecule has 1 N–H and O–H groups in total. The van der Waals surface area contributed by atoms with Gasteiger partial charge in [0.25, 0.3) is 5.91 Å². The Morgan fingerprint density at radius 2 is 1.97 bits per heavy atom. The molecule has 2 aromatic rings. The summed E-state index contributed by atoms with van der Waals surface area (Å²) in [6, 6.07) is 14.1. The second-order valence-electron chi connectivity index (χ2n) is 6.16. The molecule has 8 heteroatoms. The van der Waals surface area contributed by atoms with Crippen LogP contribution in [0.1, 0.15) is 18.9 Å². The first-order valence-corrected chi connectivity index (χ1v) is 10.2. The van der Waals surface area contributed by atoms with Gasteiger partial charge in [-0.05, 0) is 54.6 Å². The molecule has 0 atom stereocenters. The van der Waals surface area contributed by atoms with Gasteiger partial charge < -0.3 is 9.84 Å². The van der Waals surface area contributed by atoms with Gasteiger partial charge in [0.2, 0.25) is 0 Å². The van der Waals surface area contributed by atoms with Crippen molar-refractivity contribution in [2.75, 3.05) is 13.2 Å². The van der Waals surface area contributed by atoms with Crippen LogP contribution in [0.5, 0.6) is 5.75 Å². The number of carboxylic acids is 1. The van der Waals surface area contributed by atoms with E-state index in [4.69, 9.17) is 21.4 Å². The minimum atomic E-state index is -1.06. The summed E-state index contributed by atoms with van der Waals surface area (Å²) in [6.45, 7) is 2.09. The van der Waals surface area contributed by atoms with Crippen molar-refractivity contribution < 1.29 is 19.4 Å². The lowest BCUT2D eigenvalue weighted by Crippen LogP contribution is -2.29. The molecule has 0 spiro atoms. The second kappa shape index (κ2) is 9.62. The maximum absolute atomic E-state index is 12.9. The molecule has 29 heavy (non-hydrogen) atoms. The number of hydrogen-bond acceptors (Lipinski definition) is 5. The number of amides is 1. The van der Waals surface area contributed by atoms with Crippen LogP contribution >= 0.6 is 23.4 Å². The minimum Gasteiger partial charge on any atom is -0.481 e. The van der Waals surface area contributed by atoms with E-state index in [1.807, 2.05) is 6.92 Å². The van der Waals surface area contributed by atoms with E-state index in [-0.39, 0.29) is 5.91 Å². The number of benzene rings is 2. The lowest BCUT2D eigenvalue weighted by molar-refractivity contribution is -0.139. The summed E-state index contributed by atoms with van der Waals surface area (Å²) >= 11 is 7.20. The molecule has 1 aliphatic rings. The van der Waals surface area contributed by atoms with E-state index in [0.29, 0.717) is 38.6 Å². The predicted molar refractivity (Wildman–Crippen MR) is 116 cm³/mol. The van der Waals surface area contributed by atoms with Gasteiger partial charge in [-0.3, -0.25) is 9.69 Å². The van der Waals surface area contributed by atoms with Crippen molar-refractivity contribution in [2.45, 2.75) is 13.3 Å². The van der Waals surface area contributed by atoms with E-state index in [2.05, 4.69) is 4.99 Å². The second-order valence-corrected chi connectivity index (χ2v) is 7.60. The summed E-state index contributed by atoms with van der Waals surface area (Å²) in [4.78, 5) is 30.5. The number of carboxylic acid groups (broad SMARTS) is 1. The Morgan fingerprint density at radius 3 is 2.66 bits per heavy atom. The summed E-state index contributed by atoms with van der Waals surface area (Å²) < 4.78 is 5.33. The zero-order valence-corrected chi connectivity index (χ0v) is 17.2. The molecule has 0 saturated carbocycles. The number of aliphatic carboxylic acids is 1. The molecule has 0 bridgehead atoms. The average molecular weight is 431 g/mol. The number of nitrogens with zero attached hydrogens (tertiary/aromatic N) is 2. The van der Waals surface area contributed by atoms with Gasteiger partial charge >= 0.3 is 5.97 Å². The number of ether oxygens (including phenoxy) is 1. The molecule has 2 aromatic carbocycles. The first-order valence-electron chi connectivity index (χ1n) is 8.97. The fourth-order valence-electron chi connectivity index (χ4n) is 2.65. The average Bonchev–Trinajstić information content (AvgIpc) is 2.98. The number of amidine groups is 1. The maximum atomic E-state index is 12.9. The fourth-order valence-corrected chi connectivity index (χ4v) is 3.79. The molecular weight excluding hydrogens is 412 g/mol. The number of thioether (sulfide) groups is 1. The third-order valence-electron chi connectivity index (χ3n) is 3.94. The molecule has 3 rings (SSSR count). The summed E-state index contributed by atoms with van der Waals surface area (Å²) in [7, 11) is 0. The van der Waals surface area contributed by atoms with Crippen LogP contribution in [0.2, 0.25) is 5.02 Å². The zero-order chi connectivity index (χ0) is 20.8. The van der Waals surface area contributed by atoms with Crippen molar-refractivity contribution in [1.82, 2.24) is 4.90 Å². The highest BCUT2D eigenvalue weighted by Gasteiger charge is 2.33. The van der Waals surface area contributed by atoms with Crippen molar-refractivity contribution >= 4 is 52.2 Å². The van der Waals surface area contributed by atoms with Crippen LogP contribution in [0, 0.1) is 0 Å². The number of carbonyl (C=O) groups excluding carboxylic acids is 1. The van der Waals surface area contributed by atoms with Crippen LogP contribution in [0.15, 0.2) is 58.4 Å². The standard InChI is InChI=1S/C21H19ClN2O4S/c1-2-11-24-20(27)18(29-21(24)23-16-9-7-15(22)8-10-16)12-14-5-3-4-6-17(14)28-13-19(25)26/h3-10,12H,2,11,13H2,1H3,(H,25,26)/b18-12-,23-21?. The van der Waals surface area contributed by atoms with Gasteiger partial charge in [-0.15, -0.1) is 0 Å². The molecule has 1 heterocycles. The summed E-state index contributed by atoms with van der Waals surface area (Å²) in [5.41, 5.74) is 1.34. The van der Waals surface area contributed by atoms with Gasteiger partial charge in [-0.1, -0.05) is 36.7 Å². The van der Waals surface area contributed by atoms with Crippen molar-refractivity contribution in [1.29, 1.82) is 0 Å². The van der Waals surface area contributed by atoms with E-state index in [9.17, 15) is 9.59 Å². The van der Waals surface area contributed by atoms with Crippen molar-refractivity contribution in [3.63, 3.8) is 0 Å². The van der Waals surface area contributed by atoms with E-state index in [1.54, 1.807) is 59.5 Å². The number of para-hydroxylation sites is 1.